The van der Waals surface area contributed by atoms with Crippen LogP contribution in [-0.4, -0.2) is 47.4 Å². The summed E-state index contributed by atoms with van der Waals surface area (Å²) in [5.41, 5.74) is 0. The van der Waals surface area contributed by atoms with E-state index < -0.39 is 12.1 Å². The van der Waals surface area contributed by atoms with Crippen LogP contribution in [0.25, 0.3) is 0 Å². The van der Waals surface area contributed by atoms with E-state index >= 15 is 0 Å². The van der Waals surface area contributed by atoms with Gasteiger partial charge in [0.1, 0.15) is 0 Å². The molecule has 0 aliphatic rings. The van der Waals surface area contributed by atoms with E-state index in [0.29, 0.717) is 19.4 Å². The second kappa shape index (κ2) is 71.3. The Hall–Kier alpha value is -2.18. The maximum absolute atomic E-state index is 12.5. The minimum atomic E-state index is -0.843. The number of hydrogen-bond acceptors (Lipinski definition) is 5. The Balaban J connectivity index is 3.38. The molecule has 0 radical (unpaired) electrons. The highest BCUT2D eigenvalue weighted by molar-refractivity contribution is 5.76. The lowest BCUT2D eigenvalue weighted by Gasteiger charge is -2.20. The third-order valence-electron chi connectivity index (χ3n) is 17.1. The molecule has 0 bridgehead atoms. The van der Waals surface area contributed by atoms with E-state index in [-0.39, 0.29) is 18.5 Å². The Morgan fingerprint density at radius 2 is 0.610 bits per heavy atom. The fourth-order valence-electron chi connectivity index (χ4n) is 11.4. The zero-order valence-electron chi connectivity index (χ0n) is 55.2. The van der Waals surface area contributed by atoms with Crippen LogP contribution in [0.3, 0.4) is 0 Å². The Morgan fingerprint density at radius 1 is 0.341 bits per heavy atom. The summed E-state index contributed by atoms with van der Waals surface area (Å²) in [5.74, 6) is -0.0548. The Morgan fingerprint density at radius 3 is 0.939 bits per heavy atom. The lowest BCUT2D eigenvalue weighted by atomic mass is 10.0. The van der Waals surface area contributed by atoms with Gasteiger partial charge < -0.3 is 20.3 Å². The van der Waals surface area contributed by atoms with Crippen molar-refractivity contribution in [2.24, 2.45) is 0 Å². The number of unbranched alkanes of at least 4 members (excludes halogenated alkanes) is 52. The van der Waals surface area contributed by atoms with Crippen molar-refractivity contribution in [3.05, 3.63) is 48.6 Å². The van der Waals surface area contributed by atoms with Crippen molar-refractivity contribution in [3.8, 4) is 0 Å². The van der Waals surface area contributed by atoms with Crippen LogP contribution in [0.4, 0.5) is 0 Å². The second-order valence-electron chi connectivity index (χ2n) is 25.3. The fourth-order valence-corrected chi connectivity index (χ4v) is 11.4. The number of carbonyl (C=O) groups excluding carboxylic acids is 2. The summed E-state index contributed by atoms with van der Waals surface area (Å²) in [5, 5.41) is 23.1. The molecule has 6 nitrogen and oxygen atoms in total. The standard InChI is InChI=1S/C76H143NO5/c1-3-5-7-9-11-13-15-17-19-42-46-50-54-58-62-66-70-76(81)82-71-67-63-59-55-51-47-43-40-38-36-34-32-30-28-26-24-22-20-21-23-25-27-29-31-33-35-37-39-41-45-49-53-57-61-65-69-75(80)77-73(72-78)74(79)68-64-60-56-52-48-44-18-16-14-12-10-8-6-4-2/h19,22,24,28,30,42,64,68,73-74,78-79H,3-18,20-21,23,25-27,29,31-41,43-63,65-67,69-72H2,1-2H3,(H,77,80)/b24-22-,30-28-,42-19-,68-64+. The lowest BCUT2D eigenvalue weighted by molar-refractivity contribution is -0.143. The topological polar surface area (TPSA) is 95.9 Å². The van der Waals surface area contributed by atoms with E-state index in [2.05, 4.69) is 55.6 Å². The smallest absolute Gasteiger partial charge is 0.305 e. The molecule has 2 unspecified atom stereocenters. The van der Waals surface area contributed by atoms with Crippen molar-refractivity contribution in [3.63, 3.8) is 0 Å². The molecule has 0 aliphatic heterocycles. The fraction of sp³-hybridized carbons (Fsp3) is 0.868. The molecular formula is C76H143NO5. The highest BCUT2D eigenvalue weighted by Gasteiger charge is 2.18. The number of esters is 1. The quantitative estimate of drug-likeness (QED) is 0.0320. The molecule has 0 rings (SSSR count). The number of nitrogens with one attached hydrogen (secondary N) is 1. The van der Waals surface area contributed by atoms with Gasteiger partial charge in [-0.3, -0.25) is 9.59 Å². The van der Waals surface area contributed by atoms with Gasteiger partial charge in [0.15, 0.2) is 0 Å². The zero-order chi connectivity index (χ0) is 59.2. The number of aliphatic hydroxyl groups is 2. The number of hydrogen-bond donors (Lipinski definition) is 3. The van der Waals surface area contributed by atoms with Gasteiger partial charge in [-0.2, -0.15) is 0 Å². The summed E-state index contributed by atoms with van der Waals surface area (Å²) in [6, 6.07) is -0.626. The number of carbonyl (C=O) groups is 2. The van der Waals surface area contributed by atoms with Crippen molar-refractivity contribution >= 4 is 11.9 Å². The molecule has 3 N–H and O–H groups in total. The molecule has 82 heavy (non-hydrogen) atoms. The monoisotopic (exact) mass is 1150 g/mol. The van der Waals surface area contributed by atoms with Crippen LogP contribution >= 0.6 is 0 Å². The molecule has 0 heterocycles. The Labute approximate surface area is 512 Å². The van der Waals surface area contributed by atoms with Crippen molar-refractivity contribution < 1.29 is 24.5 Å². The molecule has 0 aromatic carbocycles. The Kier molecular flexibility index (Phi) is 69.4. The zero-order valence-corrected chi connectivity index (χ0v) is 55.2. The van der Waals surface area contributed by atoms with E-state index in [1.165, 1.54) is 321 Å². The van der Waals surface area contributed by atoms with Gasteiger partial charge in [0.05, 0.1) is 25.4 Å². The molecule has 0 aliphatic carbocycles. The average Bonchev–Trinajstić information content (AvgIpc) is 3.48. The van der Waals surface area contributed by atoms with Gasteiger partial charge in [-0.1, -0.05) is 345 Å². The molecule has 1 amide bonds. The number of rotatable bonds is 69. The minimum Gasteiger partial charge on any atom is -0.466 e. The summed E-state index contributed by atoms with van der Waals surface area (Å²) in [6.07, 6.45) is 93.6. The van der Waals surface area contributed by atoms with Crippen molar-refractivity contribution in [2.45, 2.75) is 411 Å². The van der Waals surface area contributed by atoms with Gasteiger partial charge in [0, 0.05) is 12.8 Å². The molecular weight excluding hydrogens is 1010 g/mol. The van der Waals surface area contributed by atoms with E-state index in [1.807, 2.05) is 6.08 Å². The van der Waals surface area contributed by atoms with Crippen molar-refractivity contribution in [1.29, 1.82) is 0 Å². The van der Waals surface area contributed by atoms with Crippen LogP contribution in [-0.2, 0) is 14.3 Å². The van der Waals surface area contributed by atoms with Gasteiger partial charge in [-0.25, -0.2) is 0 Å². The van der Waals surface area contributed by atoms with Gasteiger partial charge >= 0.3 is 5.97 Å². The largest absolute Gasteiger partial charge is 0.466 e. The molecule has 0 fully saturated rings. The number of aliphatic hydroxyl groups excluding tert-OH is 2. The van der Waals surface area contributed by atoms with Crippen LogP contribution in [0, 0.1) is 0 Å². The van der Waals surface area contributed by atoms with Gasteiger partial charge in [-0.05, 0) is 89.9 Å². The van der Waals surface area contributed by atoms with Gasteiger partial charge in [-0.15, -0.1) is 0 Å². The second-order valence-corrected chi connectivity index (χ2v) is 25.3. The normalized spacial score (nSPS) is 12.8. The van der Waals surface area contributed by atoms with Crippen LogP contribution in [0.5, 0.6) is 0 Å². The molecule has 2 atom stereocenters. The third kappa shape index (κ3) is 67.0. The van der Waals surface area contributed by atoms with E-state index in [0.717, 1.165) is 51.4 Å². The number of ether oxygens (including phenoxy) is 1. The van der Waals surface area contributed by atoms with Crippen molar-refractivity contribution in [2.75, 3.05) is 13.2 Å². The molecule has 0 aromatic heterocycles. The average molecular weight is 1150 g/mol. The first kappa shape index (κ1) is 79.8. The first-order valence-electron chi connectivity index (χ1n) is 36.9. The molecule has 6 heteroatoms. The van der Waals surface area contributed by atoms with Crippen LogP contribution in [0.15, 0.2) is 48.6 Å². The first-order chi connectivity index (χ1) is 40.5. The van der Waals surface area contributed by atoms with Gasteiger partial charge in [0.25, 0.3) is 0 Å². The lowest BCUT2D eigenvalue weighted by Crippen LogP contribution is -2.45. The highest BCUT2D eigenvalue weighted by atomic mass is 16.5. The maximum atomic E-state index is 12.5. The maximum Gasteiger partial charge on any atom is 0.305 e. The summed E-state index contributed by atoms with van der Waals surface area (Å²) >= 11 is 0. The van der Waals surface area contributed by atoms with Crippen LogP contribution in [0.2, 0.25) is 0 Å². The number of allylic oxidation sites excluding steroid dienone is 7. The van der Waals surface area contributed by atoms with Crippen molar-refractivity contribution in [1.82, 2.24) is 5.32 Å². The molecule has 0 spiro atoms. The van der Waals surface area contributed by atoms with E-state index in [4.69, 9.17) is 4.74 Å². The first-order valence-corrected chi connectivity index (χ1v) is 36.9. The molecule has 482 valence electrons. The van der Waals surface area contributed by atoms with Gasteiger partial charge in [0.2, 0.25) is 5.91 Å². The Bertz CT molecular complexity index is 1370. The summed E-state index contributed by atoms with van der Waals surface area (Å²) in [6.45, 7) is 4.92. The number of amides is 1. The van der Waals surface area contributed by atoms with Crippen LogP contribution in [0.1, 0.15) is 399 Å². The predicted molar refractivity (Wildman–Crippen MR) is 361 cm³/mol. The summed E-state index contributed by atoms with van der Waals surface area (Å²) < 4.78 is 5.49. The molecule has 0 saturated heterocycles. The highest BCUT2D eigenvalue weighted by Crippen LogP contribution is 2.18. The third-order valence-corrected chi connectivity index (χ3v) is 17.1. The van der Waals surface area contributed by atoms with Crippen LogP contribution < -0.4 is 5.32 Å². The van der Waals surface area contributed by atoms with E-state index in [1.54, 1.807) is 6.08 Å². The van der Waals surface area contributed by atoms with E-state index in [9.17, 15) is 19.8 Å². The summed E-state index contributed by atoms with van der Waals surface area (Å²) in [7, 11) is 0. The molecule has 0 saturated carbocycles. The minimum absolute atomic E-state index is 0.00937. The summed E-state index contributed by atoms with van der Waals surface area (Å²) in [4.78, 5) is 24.6. The SMILES string of the molecule is CCCCCCCCC/C=C\CCCCCCCC(=O)OCCCCCCCCCCCCC/C=C\C/C=C\CCCCCCCCCCCCCCCCCCCC(=O)NC(CO)C(O)/C=C/CCCCCCCCCCCCCC. The molecule has 0 aromatic rings. The predicted octanol–water partition coefficient (Wildman–Crippen LogP) is 24.0.